The van der Waals surface area contributed by atoms with Crippen LogP contribution in [-0.2, 0) is 0 Å². The molecule has 2 rings (SSSR count). The van der Waals surface area contributed by atoms with Crippen molar-refractivity contribution in [3.05, 3.63) is 42.1 Å². The Labute approximate surface area is 115 Å². The average Bonchev–Trinajstić information content (AvgIpc) is 2.47. The summed E-state index contributed by atoms with van der Waals surface area (Å²) in [7, 11) is 0. The summed E-state index contributed by atoms with van der Waals surface area (Å²) in [6.07, 6.45) is 3.80. The lowest BCUT2D eigenvalue weighted by molar-refractivity contribution is 0.545. The molecule has 1 aromatic carbocycles. The Morgan fingerprint density at radius 1 is 1.26 bits per heavy atom. The van der Waals surface area contributed by atoms with E-state index in [1.165, 1.54) is 10.9 Å². The first-order chi connectivity index (χ1) is 9.36. The van der Waals surface area contributed by atoms with Crippen LogP contribution in [0.1, 0.15) is 38.3 Å². The molecule has 0 radical (unpaired) electrons. The molecule has 0 saturated heterocycles. The normalized spacial score (nSPS) is 11.9. The number of hydrogen-bond acceptors (Lipinski definition) is 2. The van der Waals surface area contributed by atoms with E-state index in [1.807, 2.05) is 19.2 Å². The first-order valence-corrected chi connectivity index (χ1v) is 6.83. The third-order valence-electron chi connectivity index (χ3n) is 3.18. The molecule has 0 fully saturated rings. The molecule has 0 spiro atoms. The van der Waals surface area contributed by atoms with Gasteiger partial charge in [0.15, 0.2) is 0 Å². The van der Waals surface area contributed by atoms with E-state index in [-0.39, 0.29) is 6.04 Å². The lowest BCUT2D eigenvalue weighted by Crippen LogP contribution is -2.22. The molecule has 0 aliphatic rings. The number of benzene rings is 1. The van der Waals surface area contributed by atoms with Crippen LogP contribution >= 0.6 is 0 Å². The van der Waals surface area contributed by atoms with Crippen molar-refractivity contribution in [3.63, 3.8) is 0 Å². The van der Waals surface area contributed by atoms with E-state index in [1.54, 1.807) is 0 Å². The predicted molar refractivity (Wildman–Crippen MR) is 80.8 cm³/mol. The van der Waals surface area contributed by atoms with Crippen LogP contribution in [0.2, 0.25) is 0 Å². The van der Waals surface area contributed by atoms with Gasteiger partial charge >= 0.3 is 0 Å². The smallest absolute Gasteiger partial charge is 0.0705 e. The van der Waals surface area contributed by atoms with Crippen LogP contribution in [0, 0.1) is 11.8 Å². The van der Waals surface area contributed by atoms with Gasteiger partial charge in [0.05, 0.1) is 5.52 Å². The summed E-state index contributed by atoms with van der Waals surface area (Å²) in [5.41, 5.74) is 2.34. The standard InChI is InChI=1S/C17H20N2/c1-3-5-10-16(18-12-4-2)14-8-6-11-17-15(14)9-7-13-19-17/h6-9,11,13,16,18H,4,10,12H2,1-2H3. The molecule has 0 bridgehead atoms. The van der Waals surface area contributed by atoms with Crippen molar-refractivity contribution in [1.29, 1.82) is 0 Å². The Hall–Kier alpha value is -1.85. The van der Waals surface area contributed by atoms with Gasteiger partial charge in [-0.1, -0.05) is 25.1 Å². The van der Waals surface area contributed by atoms with Crippen molar-refractivity contribution < 1.29 is 0 Å². The zero-order chi connectivity index (χ0) is 13.5. The number of nitrogens with one attached hydrogen (secondary N) is 1. The van der Waals surface area contributed by atoms with E-state index in [4.69, 9.17) is 0 Å². The van der Waals surface area contributed by atoms with Gasteiger partial charge in [-0.25, -0.2) is 0 Å². The molecule has 1 N–H and O–H groups in total. The van der Waals surface area contributed by atoms with Gasteiger partial charge in [-0.2, -0.15) is 0 Å². The van der Waals surface area contributed by atoms with Gasteiger partial charge in [0.2, 0.25) is 0 Å². The van der Waals surface area contributed by atoms with E-state index in [9.17, 15) is 0 Å². The van der Waals surface area contributed by atoms with E-state index < -0.39 is 0 Å². The minimum atomic E-state index is 0.278. The van der Waals surface area contributed by atoms with Crippen molar-refractivity contribution >= 4 is 10.9 Å². The second-order valence-corrected chi connectivity index (χ2v) is 4.55. The fourth-order valence-corrected chi connectivity index (χ4v) is 2.25. The number of aromatic nitrogens is 1. The largest absolute Gasteiger partial charge is 0.309 e. The number of pyridine rings is 1. The Morgan fingerprint density at radius 2 is 2.16 bits per heavy atom. The topological polar surface area (TPSA) is 24.9 Å². The summed E-state index contributed by atoms with van der Waals surface area (Å²) in [6.45, 7) is 5.08. The van der Waals surface area contributed by atoms with E-state index in [0.717, 1.165) is 24.9 Å². The zero-order valence-electron chi connectivity index (χ0n) is 11.6. The monoisotopic (exact) mass is 252 g/mol. The number of hydrogen-bond donors (Lipinski definition) is 1. The molecule has 0 saturated carbocycles. The Kier molecular flexibility index (Phi) is 4.94. The van der Waals surface area contributed by atoms with Crippen LogP contribution in [0.15, 0.2) is 36.5 Å². The fraction of sp³-hybridized carbons (Fsp3) is 0.353. The quantitative estimate of drug-likeness (QED) is 0.821. The van der Waals surface area contributed by atoms with Crippen molar-refractivity contribution in [2.45, 2.75) is 32.7 Å². The van der Waals surface area contributed by atoms with Crippen molar-refractivity contribution in [3.8, 4) is 11.8 Å². The maximum absolute atomic E-state index is 4.42. The number of fused-ring (bicyclic) bond motifs is 1. The highest BCUT2D eigenvalue weighted by atomic mass is 14.9. The van der Waals surface area contributed by atoms with Crippen LogP contribution in [0.3, 0.4) is 0 Å². The molecular weight excluding hydrogens is 232 g/mol. The highest BCUT2D eigenvalue weighted by Crippen LogP contribution is 2.24. The van der Waals surface area contributed by atoms with Gasteiger partial charge in [0, 0.05) is 24.0 Å². The Balaban J connectivity index is 2.38. The van der Waals surface area contributed by atoms with Gasteiger partial charge < -0.3 is 5.32 Å². The van der Waals surface area contributed by atoms with Gasteiger partial charge in [-0.05, 0) is 37.6 Å². The summed E-state index contributed by atoms with van der Waals surface area (Å²) in [6, 6.07) is 10.7. The van der Waals surface area contributed by atoms with Crippen LogP contribution in [0.5, 0.6) is 0 Å². The summed E-state index contributed by atoms with van der Waals surface area (Å²) in [4.78, 5) is 4.42. The minimum Gasteiger partial charge on any atom is -0.309 e. The molecule has 0 aliphatic heterocycles. The summed E-state index contributed by atoms with van der Waals surface area (Å²) >= 11 is 0. The molecule has 2 nitrogen and oxygen atoms in total. The van der Waals surface area contributed by atoms with Crippen molar-refractivity contribution in [2.24, 2.45) is 0 Å². The zero-order valence-corrected chi connectivity index (χ0v) is 11.6. The predicted octanol–water partition coefficient (Wildman–Crippen LogP) is 3.69. The molecule has 0 aliphatic carbocycles. The first kappa shape index (κ1) is 13.6. The fourth-order valence-electron chi connectivity index (χ4n) is 2.25. The van der Waals surface area contributed by atoms with Gasteiger partial charge in [0.25, 0.3) is 0 Å². The van der Waals surface area contributed by atoms with Crippen LogP contribution in [0.4, 0.5) is 0 Å². The van der Waals surface area contributed by atoms with Gasteiger partial charge in [-0.15, -0.1) is 11.8 Å². The maximum Gasteiger partial charge on any atom is 0.0705 e. The molecule has 2 heteroatoms. The van der Waals surface area contributed by atoms with Crippen LogP contribution in [-0.4, -0.2) is 11.5 Å². The van der Waals surface area contributed by atoms with Crippen molar-refractivity contribution in [1.82, 2.24) is 10.3 Å². The van der Waals surface area contributed by atoms with Crippen LogP contribution < -0.4 is 5.32 Å². The lowest BCUT2D eigenvalue weighted by Gasteiger charge is -2.18. The minimum absolute atomic E-state index is 0.278. The van der Waals surface area contributed by atoms with Crippen LogP contribution in [0.25, 0.3) is 10.9 Å². The van der Waals surface area contributed by atoms with E-state index in [2.05, 4.69) is 53.3 Å². The average molecular weight is 252 g/mol. The second kappa shape index (κ2) is 6.92. The van der Waals surface area contributed by atoms with E-state index in [0.29, 0.717) is 0 Å². The molecule has 1 aromatic heterocycles. The first-order valence-electron chi connectivity index (χ1n) is 6.83. The summed E-state index contributed by atoms with van der Waals surface area (Å²) in [5, 5.41) is 4.80. The molecule has 1 atom stereocenters. The molecule has 1 heterocycles. The molecule has 2 aromatic rings. The number of nitrogens with zero attached hydrogens (tertiary/aromatic N) is 1. The SMILES string of the molecule is CC#CCC(NCCC)c1cccc2ncccc12. The summed E-state index contributed by atoms with van der Waals surface area (Å²) < 4.78 is 0. The summed E-state index contributed by atoms with van der Waals surface area (Å²) in [5.74, 6) is 6.17. The Bertz CT molecular complexity index is 587. The molecule has 19 heavy (non-hydrogen) atoms. The third-order valence-corrected chi connectivity index (χ3v) is 3.18. The highest BCUT2D eigenvalue weighted by Gasteiger charge is 2.12. The van der Waals surface area contributed by atoms with Gasteiger partial charge in [-0.3, -0.25) is 4.98 Å². The lowest BCUT2D eigenvalue weighted by atomic mass is 9.99. The Morgan fingerprint density at radius 3 is 2.95 bits per heavy atom. The van der Waals surface area contributed by atoms with Gasteiger partial charge in [0.1, 0.15) is 0 Å². The molecule has 0 amide bonds. The third kappa shape index (κ3) is 3.33. The second-order valence-electron chi connectivity index (χ2n) is 4.55. The molecular formula is C17H20N2. The number of rotatable bonds is 5. The molecule has 98 valence electrons. The van der Waals surface area contributed by atoms with Crippen molar-refractivity contribution in [2.75, 3.05) is 6.54 Å². The van der Waals surface area contributed by atoms with E-state index >= 15 is 0 Å². The highest BCUT2D eigenvalue weighted by molar-refractivity contribution is 5.82. The maximum atomic E-state index is 4.42. The molecule has 1 unspecified atom stereocenters.